The largest absolute Gasteiger partial charge is 0.326 e. The van der Waals surface area contributed by atoms with Crippen LogP contribution in [0.4, 0.5) is 5.69 Å². The highest BCUT2D eigenvalue weighted by Gasteiger charge is 2.07. The highest BCUT2D eigenvalue weighted by Crippen LogP contribution is 2.16. The number of nitrogens with one attached hydrogen (secondary N) is 1. The monoisotopic (exact) mass is 363 g/mol. The Bertz CT molecular complexity index is 757. The Morgan fingerprint density at radius 1 is 1.04 bits per heavy atom. The highest BCUT2D eigenvalue weighted by molar-refractivity contribution is 7.98. The number of carbonyl (C=O) groups is 1. The van der Waals surface area contributed by atoms with Gasteiger partial charge in [-0.2, -0.15) is 11.8 Å². The Morgan fingerprint density at radius 3 is 2.33 bits per heavy atom. The summed E-state index contributed by atoms with van der Waals surface area (Å²) in [5.74, 6) is 1.83. The first-order valence-corrected chi connectivity index (χ1v) is 10.7. The quantitative estimate of drug-likeness (QED) is 0.726. The lowest BCUT2D eigenvalue weighted by Gasteiger charge is -2.06. The third-order valence-electron chi connectivity index (χ3n) is 3.37. The summed E-state index contributed by atoms with van der Waals surface area (Å²) in [6.07, 6.45) is 2.42. The molecule has 0 heterocycles. The van der Waals surface area contributed by atoms with Gasteiger partial charge in [0.2, 0.25) is 5.91 Å². The molecule has 0 aromatic heterocycles. The third-order valence-corrected chi connectivity index (χ3v) is 5.61. The van der Waals surface area contributed by atoms with Gasteiger partial charge in [0.05, 0.1) is 4.90 Å². The zero-order chi connectivity index (χ0) is 17.4. The maximum atomic E-state index is 11.9. The summed E-state index contributed by atoms with van der Waals surface area (Å²) in [6.45, 7) is 0. The summed E-state index contributed by atoms with van der Waals surface area (Å²) < 4.78 is 22.8. The minimum atomic E-state index is -3.21. The van der Waals surface area contributed by atoms with Crippen LogP contribution in [0.1, 0.15) is 18.4 Å². The minimum Gasteiger partial charge on any atom is -0.326 e. The number of amides is 1. The second-order valence-electron chi connectivity index (χ2n) is 5.49. The Hall–Kier alpha value is -1.79. The smallest absolute Gasteiger partial charge is 0.224 e. The van der Waals surface area contributed by atoms with Crippen molar-refractivity contribution in [1.82, 2.24) is 0 Å². The van der Waals surface area contributed by atoms with Gasteiger partial charge in [-0.05, 0) is 42.0 Å². The molecule has 0 aliphatic carbocycles. The van der Waals surface area contributed by atoms with Crippen LogP contribution in [0.5, 0.6) is 0 Å². The van der Waals surface area contributed by atoms with Crippen molar-refractivity contribution in [2.75, 3.05) is 17.3 Å². The van der Waals surface area contributed by atoms with Crippen molar-refractivity contribution >= 4 is 33.2 Å². The number of thioether (sulfide) groups is 1. The number of benzene rings is 2. The van der Waals surface area contributed by atoms with Crippen molar-refractivity contribution in [3.05, 3.63) is 60.2 Å². The van der Waals surface area contributed by atoms with Gasteiger partial charge in [-0.1, -0.05) is 30.3 Å². The fourth-order valence-electron chi connectivity index (χ4n) is 2.11. The van der Waals surface area contributed by atoms with E-state index in [2.05, 4.69) is 17.4 Å². The van der Waals surface area contributed by atoms with Crippen LogP contribution in [-0.4, -0.2) is 26.3 Å². The fourth-order valence-corrected chi connectivity index (χ4v) is 3.66. The normalized spacial score (nSPS) is 11.2. The summed E-state index contributed by atoms with van der Waals surface area (Å²) in [7, 11) is -3.21. The second kappa shape index (κ2) is 8.89. The van der Waals surface area contributed by atoms with Crippen LogP contribution in [0.25, 0.3) is 0 Å². The molecule has 0 fully saturated rings. The lowest BCUT2D eigenvalue weighted by Crippen LogP contribution is -2.11. The Labute approximate surface area is 147 Å². The van der Waals surface area contributed by atoms with Crippen molar-refractivity contribution in [2.45, 2.75) is 23.5 Å². The molecule has 1 N–H and O–H groups in total. The first-order valence-electron chi connectivity index (χ1n) is 7.67. The van der Waals surface area contributed by atoms with Gasteiger partial charge in [0.1, 0.15) is 0 Å². The van der Waals surface area contributed by atoms with Gasteiger partial charge >= 0.3 is 0 Å². The molecule has 24 heavy (non-hydrogen) atoms. The maximum Gasteiger partial charge on any atom is 0.224 e. The third kappa shape index (κ3) is 6.37. The number of carbonyl (C=O) groups excluding carboxylic acids is 1. The molecular weight excluding hydrogens is 342 g/mol. The predicted molar refractivity (Wildman–Crippen MR) is 100 cm³/mol. The molecule has 128 valence electrons. The number of anilines is 1. The van der Waals surface area contributed by atoms with E-state index >= 15 is 0 Å². The molecule has 0 atom stereocenters. The van der Waals surface area contributed by atoms with Crippen LogP contribution in [-0.2, 0) is 20.4 Å². The van der Waals surface area contributed by atoms with Gasteiger partial charge in [0.25, 0.3) is 0 Å². The standard InChI is InChI=1S/C18H21NO3S2/c1-24(21,22)17-11-9-16(10-12-17)19-18(20)8-5-13-23-14-15-6-3-2-4-7-15/h2-4,6-7,9-12H,5,8,13-14H2,1H3,(H,19,20). The zero-order valence-corrected chi connectivity index (χ0v) is 15.2. The van der Waals surface area contributed by atoms with Crippen molar-refractivity contribution < 1.29 is 13.2 Å². The van der Waals surface area contributed by atoms with Crippen LogP contribution < -0.4 is 5.32 Å². The summed E-state index contributed by atoms with van der Waals surface area (Å²) in [5.41, 5.74) is 1.90. The number of hydrogen-bond acceptors (Lipinski definition) is 4. The van der Waals surface area contributed by atoms with Crippen LogP contribution >= 0.6 is 11.8 Å². The topological polar surface area (TPSA) is 63.2 Å². The summed E-state index contributed by atoms with van der Waals surface area (Å²) in [6, 6.07) is 16.5. The summed E-state index contributed by atoms with van der Waals surface area (Å²) >= 11 is 1.81. The molecule has 2 rings (SSSR count). The molecule has 2 aromatic rings. The molecule has 4 nitrogen and oxygen atoms in total. The van der Waals surface area contributed by atoms with Gasteiger partial charge in [0.15, 0.2) is 9.84 Å². The molecule has 0 radical (unpaired) electrons. The predicted octanol–water partition coefficient (Wildman–Crippen LogP) is 3.74. The molecule has 1 amide bonds. The van der Waals surface area contributed by atoms with E-state index in [1.165, 1.54) is 17.7 Å². The van der Waals surface area contributed by atoms with Crippen molar-refractivity contribution in [1.29, 1.82) is 0 Å². The average Bonchev–Trinajstić information content (AvgIpc) is 2.55. The van der Waals surface area contributed by atoms with Gasteiger partial charge in [-0.25, -0.2) is 8.42 Å². The van der Waals surface area contributed by atoms with E-state index in [-0.39, 0.29) is 10.8 Å². The maximum absolute atomic E-state index is 11.9. The molecule has 2 aromatic carbocycles. The SMILES string of the molecule is CS(=O)(=O)c1ccc(NC(=O)CCCSCc2ccccc2)cc1. The highest BCUT2D eigenvalue weighted by atomic mass is 32.2. The van der Waals surface area contributed by atoms with Gasteiger partial charge in [-0.15, -0.1) is 0 Å². The fraction of sp³-hybridized carbons (Fsp3) is 0.278. The molecule has 0 saturated carbocycles. The van der Waals surface area contributed by atoms with Gasteiger partial charge in [0, 0.05) is 24.1 Å². The number of rotatable bonds is 8. The molecule has 0 bridgehead atoms. The van der Waals surface area contributed by atoms with Gasteiger partial charge < -0.3 is 5.32 Å². The lowest BCUT2D eigenvalue weighted by molar-refractivity contribution is -0.116. The van der Waals surface area contributed by atoms with E-state index in [0.717, 1.165) is 24.2 Å². The van der Waals surface area contributed by atoms with Crippen LogP contribution in [0.3, 0.4) is 0 Å². The second-order valence-corrected chi connectivity index (χ2v) is 8.61. The molecule has 0 unspecified atom stereocenters. The Morgan fingerprint density at radius 2 is 1.71 bits per heavy atom. The van der Waals surface area contributed by atoms with Crippen LogP contribution in [0.15, 0.2) is 59.5 Å². The number of hydrogen-bond donors (Lipinski definition) is 1. The van der Waals surface area contributed by atoms with Crippen LogP contribution in [0, 0.1) is 0 Å². The molecule has 6 heteroatoms. The first-order chi connectivity index (χ1) is 11.4. The van der Waals surface area contributed by atoms with Gasteiger partial charge in [-0.3, -0.25) is 4.79 Å². The summed E-state index contributed by atoms with van der Waals surface area (Å²) in [5, 5.41) is 2.79. The Balaban J connectivity index is 1.68. The summed E-state index contributed by atoms with van der Waals surface area (Å²) in [4.78, 5) is 12.1. The first kappa shape index (κ1) is 18.5. The molecule has 0 aliphatic rings. The molecule has 0 saturated heterocycles. The van der Waals surface area contributed by atoms with Crippen molar-refractivity contribution in [3.63, 3.8) is 0 Å². The Kier molecular flexibility index (Phi) is 6.87. The van der Waals surface area contributed by atoms with E-state index in [1.54, 1.807) is 12.1 Å². The minimum absolute atomic E-state index is 0.0533. The average molecular weight is 364 g/mol. The van der Waals surface area contributed by atoms with E-state index in [4.69, 9.17) is 0 Å². The molecular formula is C18H21NO3S2. The zero-order valence-electron chi connectivity index (χ0n) is 13.6. The van der Waals surface area contributed by atoms with E-state index in [9.17, 15) is 13.2 Å². The van der Waals surface area contributed by atoms with E-state index in [1.807, 2.05) is 30.0 Å². The molecule has 0 spiro atoms. The lowest BCUT2D eigenvalue weighted by atomic mass is 10.2. The number of sulfone groups is 1. The molecule has 0 aliphatic heterocycles. The van der Waals surface area contributed by atoms with Crippen LogP contribution in [0.2, 0.25) is 0 Å². The van der Waals surface area contributed by atoms with E-state index < -0.39 is 9.84 Å². The van der Waals surface area contributed by atoms with Crippen molar-refractivity contribution in [3.8, 4) is 0 Å². The van der Waals surface area contributed by atoms with Crippen molar-refractivity contribution in [2.24, 2.45) is 0 Å². The van der Waals surface area contributed by atoms with E-state index in [0.29, 0.717) is 12.1 Å².